The third kappa shape index (κ3) is 3.54. The molecule has 1 N–H and O–H groups in total. The molecule has 5 nitrogen and oxygen atoms in total. The zero-order valence-electron chi connectivity index (χ0n) is 12.2. The van der Waals surface area contributed by atoms with Crippen molar-refractivity contribution in [2.75, 3.05) is 33.9 Å². The maximum Gasteiger partial charge on any atom is 0.272 e. The lowest BCUT2D eigenvalue weighted by Gasteiger charge is -2.42. The molecule has 1 aliphatic rings. The van der Waals surface area contributed by atoms with Crippen LogP contribution < -0.4 is 5.32 Å². The van der Waals surface area contributed by atoms with Crippen LogP contribution in [0.2, 0.25) is 0 Å². The molecular weight excluding hydrogens is 280 g/mol. The number of nitrogens with one attached hydrogen (secondary N) is 1. The van der Waals surface area contributed by atoms with E-state index in [1.165, 1.54) is 0 Å². The van der Waals surface area contributed by atoms with Crippen LogP contribution in [-0.2, 0) is 4.74 Å². The van der Waals surface area contributed by atoms with Crippen LogP contribution >= 0.6 is 0 Å². The SMILES string of the molecule is CN(C)C1(CNC(=O)c2ncc(F)cc2F)CCOCC1. The second-order valence-electron chi connectivity index (χ2n) is 5.40. The molecule has 1 amide bonds. The summed E-state index contributed by atoms with van der Waals surface area (Å²) in [6, 6.07) is 0.651. The summed E-state index contributed by atoms with van der Waals surface area (Å²) in [6.45, 7) is 1.61. The number of aromatic nitrogens is 1. The number of carbonyl (C=O) groups excluding carboxylic acids is 1. The Labute approximate surface area is 122 Å². The molecule has 0 saturated carbocycles. The molecule has 1 saturated heterocycles. The Balaban J connectivity index is 2.05. The van der Waals surface area contributed by atoms with Crippen LogP contribution in [-0.4, -0.2) is 55.2 Å². The Morgan fingerprint density at radius 1 is 1.43 bits per heavy atom. The average molecular weight is 299 g/mol. The van der Waals surface area contributed by atoms with Crippen molar-refractivity contribution in [1.29, 1.82) is 0 Å². The van der Waals surface area contributed by atoms with E-state index in [1.54, 1.807) is 0 Å². The molecule has 7 heteroatoms. The second-order valence-corrected chi connectivity index (χ2v) is 5.40. The lowest BCUT2D eigenvalue weighted by atomic mass is 9.88. The maximum absolute atomic E-state index is 13.5. The zero-order chi connectivity index (χ0) is 15.5. The molecule has 116 valence electrons. The van der Waals surface area contributed by atoms with Crippen LogP contribution in [0, 0.1) is 11.6 Å². The first-order valence-electron chi connectivity index (χ1n) is 6.79. The summed E-state index contributed by atoms with van der Waals surface area (Å²) >= 11 is 0. The molecule has 2 rings (SSSR count). The number of nitrogens with zero attached hydrogens (tertiary/aromatic N) is 2. The van der Waals surface area contributed by atoms with Crippen molar-refractivity contribution in [3.8, 4) is 0 Å². The topological polar surface area (TPSA) is 54.5 Å². The van der Waals surface area contributed by atoms with Crippen molar-refractivity contribution in [2.24, 2.45) is 0 Å². The quantitative estimate of drug-likeness (QED) is 0.908. The van der Waals surface area contributed by atoms with Gasteiger partial charge in [-0.05, 0) is 26.9 Å². The number of halogens is 2. The Kier molecular flexibility index (Phi) is 4.84. The van der Waals surface area contributed by atoms with E-state index in [2.05, 4.69) is 10.3 Å². The van der Waals surface area contributed by atoms with Gasteiger partial charge in [-0.25, -0.2) is 13.8 Å². The van der Waals surface area contributed by atoms with Crippen molar-refractivity contribution in [3.63, 3.8) is 0 Å². The summed E-state index contributed by atoms with van der Waals surface area (Å²) in [4.78, 5) is 17.6. The van der Waals surface area contributed by atoms with Crippen LogP contribution in [0.1, 0.15) is 23.3 Å². The van der Waals surface area contributed by atoms with E-state index < -0.39 is 23.2 Å². The van der Waals surface area contributed by atoms with Gasteiger partial charge in [0.15, 0.2) is 11.5 Å². The fourth-order valence-electron chi connectivity index (χ4n) is 2.44. The zero-order valence-corrected chi connectivity index (χ0v) is 12.2. The van der Waals surface area contributed by atoms with Gasteiger partial charge in [0.2, 0.25) is 0 Å². The molecule has 1 aromatic heterocycles. The summed E-state index contributed by atoms with van der Waals surface area (Å²) in [7, 11) is 3.88. The first-order chi connectivity index (χ1) is 9.94. The van der Waals surface area contributed by atoms with E-state index in [4.69, 9.17) is 4.74 Å². The average Bonchev–Trinajstić information content (AvgIpc) is 2.45. The Morgan fingerprint density at radius 3 is 2.67 bits per heavy atom. The monoisotopic (exact) mass is 299 g/mol. The highest BCUT2D eigenvalue weighted by Crippen LogP contribution is 2.25. The molecule has 0 unspecified atom stereocenters. The summed E-state index contributed by atoms with van der Waals surface area (Å²) in [6.07, 6.45) is 2.38. The van der Waals surface area contributed by atoms with Gasteiger partial charge in [-0.1, -0.05) is 0 Å². The highest BCUT2D eigenvalue weighted by Gasteiger charge is 2.35. The molecule has 21 heavy (non-hydrogen) atoms. The summed E-state index contributed by atoms with van der Waals surface area (Å²) in [5, 5.41) is 2.69. The number of hydrogen-bond donors (Lipinski definition) is 1. The van der Waals surface area contributed by atoms with Crippen molar-refractivity contribution in [3.05, 3.63) is 29.6 Å². The normalized spacial score (nSPS) is 17.8. The summed E-state index contributed by atoms with van der Waals surface area (Å²) in [5.41, 5.74) is -0.609. The molecule has 1 fully saturated rings. The highest BCUT2D eigenvalue weighted by atomic mass is 19.1. The van der Waals surface area contributed by atoms with Crippen LogP contribution in [0.5, 0.6) is 0 Å². The van der Waals surface area contributed by atoms with Gasteiger partial charge in [0.05, 0.1) is 6.20 Å². The largest absolute Gasteiger partial charge is 0.381 e. The van der Waals surface area contributed by atoms with Crippen molar-refractivity contribution < 1.29 is 18.3 Å². The molecule has 0 radical (unpaired) electrons. The highest BCUT2D eigenvalue weighted by molar-refractivity contribution is 5.92. The number of likely N-dealkylation sites (N-methyl/N-ethyl adjacent to an activating group) is 1. The maximum atomic E-state index is 13.5. The molecule has 0 aliphatic carbocycles. The molecule has 0 atom stereocenters. The van der Waals surface area contributed by atoms with Crippen LogP contribution in [0.15, 0.2) is 12.3 Å². The van der Waals surface area contributed by atoms with Gasteiger partial charge in [0.25, 0.3) is 5.91 Å². The number of carbonyl (C=O) groups is 1. The first-order valence-corrected chi connectivity index (χ1v) is 6.79. The molecule has 1 aromatic rings. The van der Waals surface area contributed by atoms with Gasteiger partial charge in [0, 0.05) is 31.4 Å². The number of ether oxygens (including phenoxy) is 1. The Bertz CT molecular complexity index is 517. The van der Waals surface area contributed by atoms with Gasteiger partial charge in [0.1, 0.15) is 5.82 Å². The lowest BCUT2D eigenvalue weighted by molar-refractivity contribution is -0.00662. The minimum absolute atomic E-state index is 0.218. The standard InChI is InChI=1S/C14H19F2N3O2/c1-19(2)14(3-5-21-6-4-14)9-18-13(20)12-11(16)7-10(15)8-17-12/h7-8H,3-6,9H2,1-2H3,(H,18,20). The van der Waals surface area contributed by atoms with Crippen LogP contribution in [0.4, 0.5) is 8.78 Å². The molecule has 1 aliphatic heterocycles. The number of rotatable bonds is 4. The van der Waals surface area contributed by atoms with E-state index in [1.807, 2.05) is 19.0 Å². The first kappa shape index (κ1) is 15.8. The number of hydrogen-bond acceptors (Lipinski definition) is 4. The summed E-state index contributed by atoms with van der Waals surface area (Å²) in [5.74, 6) is -2.41. The number of pyridine rings is 1. The molecule has 0 aromatic carbocycles. The van der Waals surface area contributed by atoms with Gasteiger partial charge in [-0.3, -0.25) is 4.79 Å². The van der Waals surface area contributed by atoms with E-state index in [0.717, 1.165) is 19.0 Å². The van der Waals surface area contributed by atoms with E-state index in [-0.39, 0.29) is 5.54 Å². The molecule has 0 bridgehead atoms. The minimum atomic E-state index is -0.960. The predicted molar refractivity (Wildman–Crippen MR) is 73.0 cm³/mol. The molecule has 2 heterocycles. The van der Waals surface area contributed by atoms with Gasteiger partial charge in [-0.2, -0.15) is 0 Å². The van der Waals surface area contributed by atoms with Gasteiger partial charge >= 0.3 is 0 Å². The third-order valence-electron chi connectivity index (χ3n) is 3.97. The predicted octanol–water partition coefficient (Wildman–Crippen LogP) is 1.20. The smallest absolute Gasteiger partial charge is 0.272 e. The number of amides is 1. The van der Waals surface area contributed by atoms with E-state index in [0.29, 0.717) is 25.8 Å². The van der Waals surface area contributed by atoms with Crippen molar-refractivity contribution in [2.45, 2.75) is 18.4 Å². The van der Waals surface area contributed by atoms with Gasteiger partial charge < -0.3 is 15.0 Å². The van der Waals surface area contributed by atoms with Gasteiger partial charge in [-0.15, -0.1) is 0 Å². The summed E-state index contributed by atoms with van der Waals surface area (Å²) < 4.78 is 31.7. The van der Waals surface area contributed by atoms with Crippen molar-refractivity contribution >= 4 is 5.91 Å². The third-order valence-corrected chi connectivity index (χ3v) is 3.97. The second kappa shape index (κ2) is 6.44. The van der Waals surface area contributed by atoms with Crippen LogP contribution in [0.25, 0.3) is 0 Å². The fraction of sp³-hybridized carbons (Fsp3) is 0.571. The van der Waals surface area contributed by atoms with E-state index in [9.17, 15) is 13.6 Å². The van der Waals surface area contributed by atoms with Crippen LogP contribution in [0.3, 0.4) is 0 Å². The lowest BCUT2D eigenvalue weighted by Crippen LogP contribution is -2.55. The molecular formula is C14H19F2N3O2. The molecule has 0 spiro atoms. The Hall–Kier alpha value is -1.60. The van der Waals surface area contributed by atoms with E-state index >= 15 is 0 Å². The van der Waals surface area contributed by atoms with Crippen molar-refractivity contribution in [1.82, 2.24) is 15.2 Å². The fourth-order valence-corrected chi connectivity index (χ4v) is 2.44. The minimum Gasteiger partial charge on any atom is -0.381 e. The Morgan fingerprint density at radius 2 is 2.10 bits per heavy atom.